The Morgan fingerprint density at radius 3 is 2.00 bits per heavy atom. The largest absolute Gasteiger partial charge is 0.326 e. The number of amides is 1. The van der Waals surface area contributed by atoms with Crippen molar-refractivity contribution in [1.82, 2.24) is 0 Å². The molecule has 0 unspecified atom stereocenters. The van der Waals surface area contributed by atoms with Crippen LogP contribution in [0.3, 0.4) is 0 Å². The van der Waals surface area contributed by atoms with Gasteiger partial charge in [0.05, 0.1) is 4.92 Å². The zero-order valence-corrected chi connectivity index (χ0v) is 16.2. The summed E-state index contributed by atoms with van der Waals surface area (Å²) < 4.78 is 0. The van der Waals surface area contributed by atoms with Gasteiger partial charge in [0.15, 0.2) is 0 Å². The molecule has 0 aromatic heterocycles. The van der Waals surface area contributed by atoms with E-state index >= 15 is 0 Å². The van der Waals surface area contributed by atoms with E-state index in [-0.39, 0.29) is 11.6 Å². The van der Waals surface area contributed by atoms with Crippen molar-refractivity contribution in [3.05, 3.63) is 34.4 Å². The van der Waals surface area contributed by atoms with Crippen LogP contribution in [-0.2, 0) is 4.79 Å². The SMILES string of the molecule is CCCCCCCCCCCCCCC(=O)Nc1cccc([N+](=O)[O-])c1. The number of hydrogen-bond acceptors (Lipinski definition) is 3. The molecule has 0 atom stereocenters. The maximum absolute atomic E-state index is 11.9. The highest BCUT2D eigenvalue weighted by Gasteiger charge is 2.08. The van der Waals surface area contributed by atoms with E-state index < -0.39 is 4.92 Å². The Morgan fingerprint density at radius 2 is 1.46 bits per heavy atom. The van der Waals surface area contributed by atoms with Gasteiger partial charge in [0, 0.05) is 24.2 Å². The first kappa shape index (κ1) is 22.1. The molecular formula is C21H34N2O3. The number of carbonyl (C=O) groups excluding carboxylic acids is 1. The molecule has 1 N–H and O–H groups in total. The van der Waals surface area contributed by atoms with Crippen LogP contribution in [0, 0.1) is 10.1 Å². The summed E-state index contributed by atoms with van der Waals surface area (Å²) in [6.45, 7) is 2.25. The van der Waals surface area contributed by atoms with Crippen LogP contribution >= 0.6 is 0 Å². The van der Waals surface area contributed by atoms with E-state index in [9.17, 15) is 14.9 Å². The molecule has 146 valence electrons. The maximum Gasteiger partial charge on any atom is 0.271 e. The smallest absolute Gasteiger partial charge is 0.271 e. The van der Waals surface area contributed by atoms with Crippen molar-refractivity contribution in [2.45, 2.75) is 90.4 Å². The van der Waals surface area contributed by atoms with E-state index in [1.54, 1.807) is 12.1 Å². The summed E-state index contributed by atoms with van der Waals surface area (Å²) in [7, 11) is 0. The van der Waals surface area contributed by atoms with E-state index in [0.717, 1.165) is 12.8 Å². The van der Waals surface area contributed by atoms with Gasteiger partial charge in [-0.05, 0) is 12.5 Å². The van der Waals surface area contributed by atoms with Crippen molar-refractivity contribution in [2.75, 3.05) is 5.32 Å². The molecule has 0 fully saturated rings. The minimum atomic E-state index is -0.457. The molecule has 0 saturated heterocycles. The average Bonchev–Trinajstić information content (AvgIpc) is 2.63. The molecule has 0 bridgehead atoms. The van der Waals surface area contributed by atoms with Gasteiger partial charge in [-0.1, -0.05) is 83.6 Å². The fraction of sp³-hybridized carbons (Fsp3) is 0.667. The number of nitro benzene ring substituents is 1. The third kappa shape index (κ3) is 10.9. The Bertz CT molecular complexity index is 532. The monoisotopic (exact) mass is 362 g/mol. The molecule has 1 rings (SSSR count). The molecule has 0 aliphatic heterocycles. The summed E-state index contributed by atoms with van der Waals surface area (Å²) >= 11 is 0. The molecule has 5 heteroatoms. The van der Waals surface area contributed by atoms with Gasteiger partial charge in [-0.2, -0.15) is 0 Å². The minimum absolute atomic E-state index is 0.00633. The van der Waals surface area contributed by atoms with Crippen molar-refractivity contribution in [1.29, 1.82) is 0 Å². The fourth-order valence-electron chi connectivity index (χ4n) is 3.05. The highest BCUT2D eigenvalue weighted by Crippen LogP contribution is 2.18. The molecule has 0 saturated carbocycles. The van der Waals surface area contributed by atoms with E-state index in [1.165, 1.54) is 76.3 Å². The predicted molar refractivity (Wildman–Crippen MR) is 107 cm³/mol. The standard InChI is InChI=1S/C21H34N2O3/c1-2-3-4-5-6-7-8-9-10-11-12-13-17-21(24)22-19-15-14-16-20(18-19)23(25)26/h14-16,18H,2-13,17H2,1H3,(H,22,24). The molecule has 0 spiro atoms. The molecule has 0 aliphatic rings. The number of nitro groups is 1. The second-order valence-corrected chi connectivity index (χ2v) is 6.99. The van der Waals surface area contributed by atoms with Gasteiger partial charge in [-0.15, -0.1) is 0 Å². The zero-order valence-electron chi connectivity index (χ0n) is 16.2. The number of nitrogens with one attached hydrogen (secondary N) is 1. The Balaban J connectivity index is 1.98. The molecule has 5 nitrogen and oxygen atoms in total. The Kier molecular flexibility index (Phi) is 12.2. The van der Waals surface area contributed by atoms with Crippen LogP contribution in [0.1, 0.15) is 90.4 Å². The lowest BCUT2D eigenvalue weighted by atomic mass is 10.0. The van der Waals surface area contributed by atoms with Gasteiger partial charge in [-0.3, -0.25) is 14.9 Å². The number of unbranched alkanes of at least 4 members (excludes halogenated alkanes) is 11. The maximum atomic E-state index is 11.9. The summed E-state index contributed by atoms with van der Waals surface area (Å²) in [5.74, 6) is -0.0717. The van der Waals surface area contributed by atoms with E-state index in [1.807, 2.05) is 0 Å². The Morgan fingerprint density at radius 1 is 0.923 bits per heavy atom. The second-order valence-electron chi connectivity index (χ2n) is 6.99. The number of hydrogen-bond donors (Lipinski definition) is 1. The predicted octanol–water partition coefficient (Wildman–Crippen LogP) is 6.62. The fourth-order valence-corrected chi connectivity index (χ4v) is 3.05. The number of nitrogens with zero attached hydrogens (tertiary/aromatic N) is 1. The first-order chi connectivity index (χ1) is 12.6. The third-order valence-corrected chi connectivity index (χ3v) is 4.60. The van der Waals surface area contributed by atoms with Gasteiger partial charge in [0.25, 0.3) is 5.69 Å². The number of carbonyl (C=O) groups is 1. The van der Waals surface area contributed by atoms with Crippen LogP contribution in [0.2, 0.25) is 0 Å². The van der Waals surface area contributed by atoms with Crippen LogP contribution in [0.5, 0.6) is 0 Å². The van der Waals surface area contributed by atoms with Crippen LogP contribution in [0.25, 0.3) is 0 Å². The zero-order chi connectivity index (χ0) is 19.0. The normalized spacial score (nSPS) is 10.7. The molecule has 0 heterocycles. The summed E-state index contributed by atoms with van der Waals surface area (Å²) in [6.07, 6.45) is 15.7. The first-order valence-electron chi connectivity index (χ1n) is 10.2. The molecule has 0 aliphatic carbocycles. The molecule has 0 radical (unpaired) electrons. The van der Waals surface area contributed by atoms with E-state index in [2.05, 4.69) is 12.2 Å². The Hall–Kier alpha value is -1.91. The van der Waals surface area contributed by atoms with E-state index in [4.69, 9.17) is 0 Å². The quantitative estimate of drug-likeness (QED) is 0.216. The van der Waals surface area contributed by atoms with Crippen molar-refractivity contribution in [2.24, 2.45) is 0 Å². The van der Waals surface area contributed by atoms with Crippen LogP contribution in [0.15, 0.2) is 24.3 Å². The van der Waals surface area contributed by atoms with Crippen LogP contribution in [-0.4, -0.2) is 10.8 Å². The summed E-state index contributed by atoms with van der Waals surface area (Å²) in [5.41, 5.74) is 0.483. The molecule has 26 heavy (non-hydrogen) atoms. The Labute approximate surface area is 157 Å². The van der Waals surface area contributed by atoms with Crippen LogP contribution < -0.4 is 5.32 Å². The van der Waals surface area contributed by atoms with Crippen LogP contribution in [0.4, 0.5) is 11.4 Å². The summed E-state index contributed by atoms with van der Waals surface area (Å²) in [4.78, 5) is 22.2. The lowest BCUT2D eigenvalue weighted by Crippen LogP contribution is -2.11. The molecular weight excluding hydrogens is 328 g/mol. The lowest BCUT2D eigenvalue weighted by Gasteiger charge is -2.05. The highest BCUT2D eigenvalue weighted by atomic mass is 16.6. The van der Waals surface area contributed by atoms with Gasteiger partial charge in [0.2, 0.25) is 5.91 Å². The lowest BCUT2D eigenvalue weighted by molar-refractivity contribution is -0.384. The number of rotatable bonds is 15. The number of anilines is 1. The van der Waals surface area contributed by atoms with Gasteiger partial charge in [0.1, 0.15) is 0 Å². The van der Waals surface area contributed by atoms with Crippen molar-refractivity contribution in [3.63, 3.8) is 0 Å². The molecule has 1 aromatic carbocycles. The van der Waals surface area contributed by atoms with Crippen molar-refractivity contribution >= 4 is 17.3 Å². The number of non-ortho nitro benzene ring substituents is 1. The second kappa shape index (κ2) is 14.3. The molecule has 1 amide bonds. The third-order valence-electron chi connectivity index (χ3n) is 4.60. The molecule has 1 aromatic rings. The van der Waals surface area contributed by atoms with Crippen molar-refractivity contribution in [3.8, 4) is 0 Å². The van der Waals surface area contributed by atoms with Gasteiger partial charge >= 0.3 is 0 Å². The van der Waals surface area contributed by atoms with E-state index in [0.29, 0.717) is 12.1 Å². The summed E-state index contributed by atoms with van der Waals surface area (Å²) in [5, 5.41) is 13.5. The average molecular weight is 363 g/mol. The van der Waals surface area contributed by atoms with Gasteiger partial charge < -0.3 is 5.32 Å². The highest BCUT2D eigenvalue weighted by molar-refractivity contribution is 5.90. The van der Waals surface area contributed by atoms with Gasteiger partial charge in [-0.25, -0.2) is 0 Å². The van der Waals surface area contributed by atoms with Crippen molar-refractivity contribution < 1.29 is 9.72 Å². The topological polar surface area (TPSA) is 72.2 Å². The minimum Gasteiger partial charge on any atom is -0.326 e. The summed E-state index contributed by atoms with van der Waals surface area (Å²) in [6, 6.07) is 6.06. The number of benzene rings is 1. The first-order valence-corrected chi connectivity index (χ1v) is 10.2.